The molecule has 0 radical (unpaired) electrons. The lowest BCUT2D eigenvalue weighted by Crippen LogP contribution is -2.36. The first kappa shape index (κ1) is 23.7. The third-order valence-corrected chi connectivity index (χ3v) is 9.87. The van der Waals surface area contributed by atoms with Gasteiger partial charge >= 0.3 is 0 Å². The molecular weight excluding hydrogens is 460 g/mol. The van der Waals surface area contributed by atoms with Crippen molar-refractivity contribution in [3.05, 3.63) is 82.7 Å². The van der Waals surface area contributed by atoms with Gasteiger partial charge in [0.15, 0.2) is 5.78 Å². The summed E-state index contributed by atoms with van der Waals surface area (Å²) >= 11 is 1.69. The van der Waals surface area contributed by atoms with Crippen molar-refractivity contribution < 1.29 is 4.79 Å². The van der Waals surface area contributed by atoms with Crippen molar-refractivity contribution in [2.75, 3.05) is 19.3 Å². The number of benzene rings is 2. The average Bonchev–Trinajstić information content (AvgIpc) is 3.52. The van der Waals surface area contributed by atoms with Gasteiger partial charge in [-0.25, -0.2) is 0 Å². The van der Waals surface area contributed by atoms with E-state index in [1.165, 1.54) is 49.1 Å². The number of hydrogen-bond acceptors (Lipinski definition) is 4. The number of nitrogens with zero attached hydrogens (tertiary/aromatic N) is 1. The summed E-state index contributed by atoms with van der Waals surface area (Å²) in [6.07, 6.45) is 11.4. The van der Waals surface area contributed by atoms with Crippen LogP contribution in [0.5, 0.6) is 0 Å². The van der Waals surface area contributed by atoms with E-state index >= 15 is 0 Å². The Kier molecular flexibility index (Phi) is 6.35. The monoisotopic (exact) mass is 496 g/mol. The van der Waals surface area contributed by atoms with Crippen molar-refractivity contribution in [2.45, 2.75) is 45.1 Å². The largest absolute Gasteiger partial charge is 0.398 e. The Morgan fingerprint density at radius 2 is 1.86 bits per heavy atom. The van der Waals surface area contributed by atoms with Crippen LogP contribution in [-0.4, -0.2) is 24.3 Å². The zero-order valence-corrected chi connectivity index (χ0v) is 22.0. The van der Waals surface area contributed by atoms with Crippen LogP contribution in [0.2, 0.25) is 0 Å². The highest BCUT2D eigenvalue weighted by atomic mass is 32.1. The summed E-state index contributed by atoms with van der Waals surface area (Å²) < 4.78 is 0. The van der Waals surface area contributed by atoms with Crippen LogP contribution in [-0.2, 0) is 17.8 Å². The fourth-order valence-electron chi connectivity index (χ4n) is 7.65. The Balaban J connectivity index is 1.04. The molecule has 2 N–H and O–H groups in total. The van der Waals surface area contributed by atoms with E-state index in [4.69, 9.17) is 5.73 Å². The number of hydrogen-bond donors (Lipinski definition) is 1. The summed E-state index contributed by atoms with van der Waals surface area (Å²) in [6.45, 7) is 2.24. The van der Waals surface area contributed by atoms with Crippen LogP contribution in [0.3, 0.4) is 0 Å². The molecule has 186 valence electrons. The van der Waals surface area contributed by atoms with E-state index in [1.54, 1.807) is 17.4 Å². The molecule has 4 aliphatic rings. The van der Waals surface area contributed by atoms with Gasteiger partial charge in [-0.05, 0) is 114 Å². The van der Waals surface area contributed by atoms with Crippen LogP contribution in [0.1, 0.15) is 48.8 Å². The predicted molar refractivity (Wildman–Crippen MR) is 151 cm³/mol. The molecule has 4 bridgehead atoms. The maximum absolute atomic E-state index is 12.7. The minimum atomic E-state index is 0.0637. The summed E-state index contributed by atoms with van der Waals surface area (Å²) in [7, 11) is 2.29. The van der Waals surface area contributed by atoms with Crippen molar-refractivity contribution in [2.24, 2.45) is 23.2 Å². The van der Waals surface area contributed by atoms with Crippen LogP contribution in [0.15, 0.2) is 66.1 Å². The summed E-state index contributed by atoms with van der Waals surface area (Å²) in [5.41, 5.74) is 11.8. The fourth-order valence-corrected chi connectivity index (χ4v) is 8.38. The van der Waals surface area contributed by atoms with Gasteiger partial charge in [0.2, 0.25) is 0 Å². The van der Waals surface area contributed by atoms with Crippen LogP contribution in [0, 0.1) is 23.2 Å². The van der Waals surface area contributed by atoms with Crippen LogP contribution < -0.4 is 5.73 Å². The molecule has 2 unspecified atom stereocenters. The lowest BCUT2D eigenvalue weighted by molar-refractivity contribution is -0.113. The average molecular weight is 497 g/mol. The fraction of sp³-hybridized carbons (Fsp3) is 0.406. The zero-order chi connectivity index (χ0) is 24.7. The number of ketones is 1. The first-order valence-corrected chi connectivity index (χ1v) is 14.2. The Morgan fingerprint density at radius 1 is 1.08 bits per heavy atom. The van der Waals surface area contributed by atoms with Gasteiger partial charge in [-0.3, -0.25) is 4.79 Å². The number of thiophene rings is 1. The highest BCUT2D eigenvalue weighted by molar-refractivity contribution is 7.13. The van der Waals surface area contributed by atoms with E-state index in [0.29, 0.717) is 17.5 Å². The minimum Gasteiger partial charge on any atom is -0.398 e. The molecule has 4 aliphatic carbocycles. The number of allylic oxidation sites excluding steroid dienone is 1. The highest BCUT2D eigenvalue weighted by Gasteiger charge is 2.57. The molecular formula is C32H36N2OS. The first-order chi connectivity index (χ1) is 17.5. The zero-order valence-electron chi connectivity index (χ0n) is 21.2. The molecule has 3 aromatic rings. The quantitative estimate of drug-likeness (QED) is 0.254. The van der Waals surface area contributed by atoms with Crippen LogP contribution in [0.4, 0.5) is 5.69 Å². The van der Waals surface area contributed by atoms with E-state index < -0.39 is 0 Å². The summed E-state index contributed by atoms with van der Waals surface area (Å²) in [5, 5.41) is 2.06. The summed E-state index contributed by atoms with van der Waals surface area (Å²) in [4.78, 5) is 16.4. The molecule has 2 atom stereocenters. The van der Waals surface area contributed by atoms with Gasteiger partial charge < -0.3 is 10.6 Å². The lowest BCUT2D eigenvalue weighted by atomic mass is 9.75. The maximum Gasteiger partial charge on any atom is 0.160 e. The molecule has 4 heteroatoms. The van der Waals surface area contributed by atoms with Gasteiger partial charge in [0.05, 0.1) is 0 Å². The topological polar surface area (TPSA) is 46.3 Å². The molecule has 4 saturated carbocycles. The van der Waals surface area contributed by atoms with Gasteiger partial charge in [0, 0.05) is 30.1 Å². The third kappa shape index (κ3) is 4.81. The van der Waals surface area contributed by atoms with Crippen molar-refractivity contribution in [3.63, 3.8) is 0 Å². The summed E-state index contributed by atoms with van der Waals surface area (Å²) in [5.74, 6) is 3.09. The van der Waals surface area contributed by atoms with Gasteiger partial charge in [0.25, 0.3) is 0 Å². The molecule has 36 heavy (non-hydrogen) atoms. The number of anilines is 1. The van der Waals surface area contributed by atoms with Crippen molar-refractivity contribution in [3.8, 4) is 10.4 Å². The molecule has 0 amide bonds. The molecule has 4 fully saturated rings. The van der Waals surface area contributed by atoms with Gasteiger partial charge in [-0.2, -0.15) is 0 Å². The van der Waals surface area contributed by atoms with Gasteiger partial charge in [0.1, 0.15) is 0 Å². The molecule has 1 heterocycles. The second-order valence-corrected chi connectivity index (χ2v) is 12.6. The van der Waals surface area contributed by atoms with E-state index in [2.05, 4.69) is 47.7 Å². The highest BCUT2D eigenvalue weighted by Crippen LogP contribution is 2.65. The number of rotatable bonds is 9. The van der Waals surface area contributed by atoms with Gasteiger partial charge in [-0.15, -0.1) is 11.3 Å². The molecule has 0 aliphatic heterocycles. The Hall–Kier alpha value is -2.69. The minimum absolute atomic E-state index is 0.0637. The number of carbonyl (C=O) groups excluding carboxylic acids is 1. The van der Waals surface area contributed by atoms with E-state index in [1.807, 2.05) is 30.3 Å². The van der Waals surface area contributed by atoms with Crippen molar-refractivity contribution >= 4 is 28.9 Å². The van der Waals surface area contributed by atoms with Gasteiger partial charge in [-0.1, -0.05) is 42.5 Å². The summed E-state index contributed by atoms with van der Waals surface area (Å²) in [6, 6.07) is 18.8. The van der Waals surface area contributed by atoms with E-state index in [0.717, 1.165) is 41.0 Å². The molecule has 3 nitrogen and oxygen atoms in total. The van der Waals surface area contributed by atoms with E-state index in [-0.39, 0.29) is 5.78 Å². The normalized spacial score (nSPS) is 26.4. The Morgan fingerprint density at radius 3 is 2.58 bits per heavy atom. The van der Waals surface area contributed by atoms with E-state index in [9.17, 15) is 4.79 Å². The SMILES string of the molecule is CN(Cc1ccc(/C=C/C(=O)Cc2cc(-c3cccs3)ccc2N)cc1)CC12CC3CC(CC1C3)C2. The van der Waals surface area contributed by atoms with Crippen molar-refractivity contribution in [1.29, 1.82) is 0 Å². The Labute approximate surface area is 219 Å². The lowest BCUT2D eigenvalue weighted by Gasteiger charge is -2.36. The third-order valence-electron chi connectivity index (χ3n) is 8.95. The number of carbonyl (C=O) groups is 1. The molecule has 1 aromatic heterocycles. The first-order valence-electron chi connectivity index (χ1n) is 13.4. The smallest absolute Gasteiger partial charge is 0.160 e. The predicted octanol–water partition coefficient (Wildman–Crippen LogP) is 7.08. The van der Waals surface area contributed by atoms with Crippen LogP contribution >= 0.6 is 11.3 Å². The number of nitrogen functional groups attached to an aromatic ring is 1. The van der Waals surface area contributed by atoms with Crippen LogP contribution in [0.25, 0.3) is 16.5 Å². The molecule has 7 rings (SSSR count). The molecule has 0 spiro atoms. The standard InChI is InChI=1S/C32H36N2OS/c1-34(21-32-18-24-13-25(19-32)15-28(32)14-24)20-23-6-4-22(5-7-23)8-10-29(35)17-27-16-26(9-11-30(27)33)31-3-2-12-36-31/h2-12,16,24-25,28H,13-15,17-21,33H2,1H3/b10-8+. The Bertz CT molecular complexity index is 1250. The number of nitrogens with two attached hydrogens (primary N) is 1. The van der Waals surface area contributed by atoms with Crippen molar-refractivity contribution in [1.82, 2.24) is 4.90 Å². The second kappa shape index (κ2) is 9.64. The maximum atomic E-state index is 12.7. The molecule has 0 saturated heterocycles. The second-order valence-electron chi connectivity index (χ2n) is 11.7. The molecule has 2 aromatic carbocycles.